The average Bonchev–Trinajstić information content (AvgIpc) is 3.51. The summed E-state index contributed by atoms with van der Waals surface area (Å²) in [6.07, 6.45) is 7.24. The van der Waals surface area contributed by atoms with E-state index >= 15 is 0 Å². The fraction of sp³-hybridized carbons (Fsp3) is 0.609. The quantitative estimate of drug-likeness (QED) is 0.776. The van der Waals surface area contributed by atoms with Gasteiger partial charge < -0.3 is 15.4 Å². The van der Waals surface area contributed by atoms with E-state index in [2.05, 4.69) is 17.0 Å². The van der Waals surface area contributed by atoms with Gasteiger partial charge in [0.05, 0.1) is 19.8 Å². The molecule has 7 nitrogen and oxygen atoms in total. The molecule has 3 saturated heterocycles. The SMILES string of the molecule is NC(=O)[C@]12[CH]CCCN1C(=O)N(c1ccc(C3(CCN4CCOCC4)CC3)cc1)C2. The number of morpholine rings is 1. The maximum Gasteiger partial charge on any atom is 0.325 e. The molecule has 3 amide bonds. The molecule has 3 aliphatic heterocycles. The largest absolute Gasteiger partial charge is 0.379 e. The lowest BCUT2D eigenvalue weighted by atomic mass is 9.87. The molecule has 3 heterocycles. The van der Waals surface area contributed by atoms with Crippen molar-refractivity contribution in [2.75, 3.05) is 50.8 Å². The number of hydrogen-bond acceptors (Lipinski definition) is 4. The Hall–Kier alpha value is -2.12. The second-order valence-corrected chi connectivity index (χ2v) is 9.19. The monoisotopic (exact) mass is 411 g/mol. The number of nitrogens with zero attached hydrogens (tertiary/aromatic N) is 3. The molecule has 4 fully saturated rings. The summed E-state index contributed by atoms with van der Waals surface area (Å²) in [6, 6.07) is 8.30. The Bertz CT molecular complexity index is 816. The molecule has 1 aromatic carbocycles. The molecule has 0 bridgehead atoms. The molecule has 0 unspecified atom stereocenters. The molecule has 7 heteroatoms. The molecule has 1 saturated carbocycles. The van der Waals surface area contributed by atoms with Crippen molar-refractivity contribution < 1.29 is 14.3 Å². The van der Waals surface area contributed by atoms with Crippen LogP contribution in [0.4, 0.5) is 10.5 Å². The van der Waals surface area contributed by atoms with Gasteiger partial charge in [-0.1, -0.05) is 12.1 Å². The van der Waals surface area contributed by atoms with Crippen LogP contribution in [0.3, 0.4) is 0 Å². The number of carbonyl (C=O) groups excluding carboxylic acids is 2. The Kier molecular flexibility index (Phi) is 4.98. The van der Waals surface area contributed by atoms with Crippen LogP contribution in [0, 0.1) is 6.42 Å². The van der Waals surface area contributed by atoms with Gasteiger partial charge in [-0.2, -0.15) is 0 Å². The van der Waals surface area contributed by atoms with Gasteiger partial charge in [-0.25, -0.2) is 4.79 Å². The molecule has 2 N–H and O–H groups in total. The summed E-state index contributed by atoms with van der Waals surface area (Å²) in [4.78, 5) is 31.1. The molecule has 1 atom stereocenters. The highest BCUT2D eigenvalue weighted by molar-refractivity contribution is 6.03. The minimum absolute atomic E-state index is 0.119. The first-order valence-electron chi connectivity index (χ1n) is 11.2. The van der Waals surface area contributed by atoms with E-state index in [1.165, 1.54) is 24.8 Å². The van der Waals surface area contributed by atoms with Crippen molar-refractivity contribution in [3.63, 3.8) is 0 Å². The number of amides is 3. The first-order valence-corrected chi connectivity index (χ1v) is 11.2. The van der Waals surface area contributed by atoms with Gasteiger partial charge in [0, 0.05) is 25.3 Å². The fourth-order valence-corrected chi connectivity index (χ4v) is 5.31. The Labute approximate surface area is 178 Å². The van der Waals surface area contributed by atoms with Crippen LogP contribution in [0.2, 0.25) is 0 Å². The molecule has 0 aromatic heterocycles. The summed E-state index contributed by atoms with van der Waals surface area (Å²) in [5.74, 6) is -0.435. The molecule has 1 aromatic rings. The van der Waals surface area contributed by atoms with Crippen LogP contribution in [0.15, 0.2) is 24.3 Å². The van der Waals surface area contributed by atoms with E-state index < -0.39 is 11.4 Å². The second kappa shape index (κ2) is 7.54. The van der Waals surface area contributed by atoms with Crippen LogP contribution in [0.5, 0.6) is 0 Å². The van der Waals surface area contributed by atoms with Gasteiger partial charge in [0.15, 0.2) is 0 Å². The summed E-state index contributed by atoms with van der Waals surface area (Å²) in [7, 11) is 0. The van der Waals surface area contributed by atoms with Crippen LogP contribution < -0.4 is 10.6 Å². The third kappa shape index (κ3) is 3.28. The minimum atomic E-state index is -0.968. The molecule has 161 valence electrons. The summed E-state index contributed by atoms with van der Waals surface area (Å²) >= 11 is 0. The summed E-state index contributed by atoms with van der Waals surface area (Å²) in [6.45, 7) is 5.74. The Morgan fingerprint density at radius 3 is 2.47 bits per heavy atom. The maximum atomic E-state index is 13.0. The van der Waals surface area contributed by atoms with Crippen LogP contribution in [0.1, 0.15) is 37.7 Å². The minimum Gasteiger partial charge on any atom is -0.379 e. The van der Waals surface area contributed by atoms with Crippen LogP contribution in [-0.4, -0.2) is 73.2 Å². The lowest BCUT2D eigenvalue weighted by molar-refractivity contribution is -0.126. The highest BCUT2D eigenvalue weighted by Gasteiger charge is 2.55. The van der Waals surface area contributed by atoms with E-state index in [9.17, 15) is 9.59 Å². The van der Waals surface area contributed by atoms with Gasteiger partial charge in [-0.15, -0.1) is 0 Å². The summed E-state index contributed by atoms with van der Waals surface area (Å²) in [5.41, 5.74) is 7.25. The van der Waals surface area contributed by atoms with Crippen molar-refractivity contribution in [2.45, 2.75) is 43.1 Å². The maximum absolute atomic E-state index is 13.0. The Morgan fingerprint density at radius 1 is 1.10 bits per heavy atom. The predicted molar refractivity (Wildman–Crippen MR) is 114 cm³/mol. The topological polar surface area (TPSA) is 79.1 Å². The van der Waals surface area contributed by atoms with Crippen molar-refractivity contribution >= 4 is 17.6 Å². The number of urea groups is 1. The van der Waals surface area contributed by atoms with E-state index in [0.29, 0.717) is 13.1 Å². The highest BCUT2D eigenvalue weighted by atomic mass is 16.5. The Balaban J connectivity index is 1.29. The number of carbonyl (C=O) groups is 2. The van der Waals surface area contributed by atoms with Crippen LogP contribution in [0.25, 0.3) is 0 Å². The number of nitrogens with two attached hydrogens (primary N) is 1. The predicted octanol–water partition coefficient (Wildman–Crippen LogP) is 1.90. The lowest BCUT2D eigenvalue weighted by Crippen LogP contribution is -2.59. The van der Waals surface area contributed by atoms with E-state index in [-0.39, 0.29) is 11.4 Å². The van der Waals surface area contributed by atoms with Crippen LogP contribution >= 0.6 is 0 Å². The number of rotatable bonds is 6. The molecule has 5 rings (SSSR count). The van der Waals surface area contributed by atoms with Gasteiger partial charge in [-0.3, -0.25) is 14.6 Å². The second-order valence-electron chi connectivity index (χ2n) is 9.19. The molecule has 4 aliphatic rings. The first-order chi connectivity index (χ1) is 14.5. The highest BCUT2D eigenvalue weighted by Crippen LogP contribution is 2.51. The fourth-order valence-electron chi connectivity index (χ4n) is 5.31. The number of anilines is 1. The number of piperidine rings is 1. The van der Waals surface area contributed by atoms with E-state index in [1.807, 2.05) is 18.6 Å². The zero-order valence-electron chi connectivity index (χ0n) is 17.5. The molecular weight excluding hydrogens is 380 g/mol. The van der Waals surface area contributed by atoms with Crippen molar-refractivity contribution in [3.05, 3.63) is 36.2 Å². The van der Waals surface area contributed by atoms with Crippen molar-refractivity contribution in [1.29, 1.82) is 0 Å². The lowest BCUT2D eigenvalue weighted by Gasteiger charge is -2.37. The zero-order chi connectivity index (χ0) is 20.8. The normalized spacial score (nSPS) is 28.5. The standard InChI is InChI=1S/C23H31N4O3/c24-20(28)23-7-1-2-11-27(23)21(29)26(17-23)19-5-3-18(4-6-19)22(8-9-22)10-12-25-13-15-30-16-14-25/h3-7H,1-2,8-17H2,(H2,24,28)/t23-/m1/s1. The zero-order valence-corrected chi connectivity index (χ0v) is 17.5. The van der Waals surface area contributed by atoms with Crippen LogP contribution in [-0.2, 0) is 14.9 Å². The molecule has 1 aliphatic carbocycles. The van der Waals surface area contributed by atoms with Crippen molar-refractivity contribution in [2.24, 2.45) is 5.73 Å². The van der Waals surface area contributed by atoms with Crippen molar-refractivity contribution in [1.82, 2.24) is 9.80 Å². The van der Waals surface area contributed by atoms with Gasteiger partial charge in [0.1, 0.15) is 5.54 Å². The molecular formula is C23H31N4O3. The third-order valence-corrected chi connectivity index (χ3v) is 7.49. The average molecular weight is 412 g/mol. The molecule has 0 spiro atoms. The van der Waals surface area contributed by atoms with E-state index in [0.717, 1.165) is 51.4 Å². The van der Waals surface area contributed by atoms with Gasteiger partial charge in [0.25, 0.3) is 0 Å². The van der Waals surface area contributed by atoms with Crippen molar-refractivity contribution in [3.8, 4) is 0 Å². The number of ether oxygens (including phenoxy) is 1. The van der Waals surface area contributed by atoms with Gasteiger partial charge in [-0.05, 0) is 68.2 Å². The smallest absolute Gasteiger partial charge is 0.325 e. The van der Waals surface area contributed by atoms with E-state index in [1.54, 1.807) is 9.80 Å². The third-order valence-electron chi connectivity index (χ3n) is 7.49. The summed E-state index contributed by atoms with van der Waals surface area (Å²) < 4.78 is 5.45. The van der Waals surface area contributed by atoms with E-state index in [4.69, 9.17) is 10.5 Å². The summed E-state index contributed by atoms with van der Waals surface area (Å²) in [5, 5.41) is 0. The molecule has 1 radical (unpaired) electrons. The number of hydrogen-bond donors (Lipinski definition) is 1. The van der Waals surface area contributed by atoms with Gasteiger partial charge >= 0.3 is 6.03 Å². The Morgan fingerprint density at radius 2 is 1.83 bits per heavy atom. The first kappa shape index (κ1) is 19.8. The molecule has 30 heavy (non-hydrogen) atoms. The number of primary amides is 1. The van der Waals surface area contributed by atoms with Gasteiger partial charge in [0.2, 0.25) is 5.91 Å². The number of benzene rings is 1. The number of fused-ring (bicyclic) bond motifs is 1.